The average molecular weight is 437 g/mol. The quantitative estimate of drug-likeness (QED) is 0.459. The maximum atomic E-state index is 13.2. The van der Waals surface area contributed by atoms with Gasteiger partial charge in [0.1, 0.15) is 23.6 Å². The van der Waals surface area contributed by atoms with Crippen LogP contribution < -0.4 is 11.1 Å². The van der Waals surface area contributed by atoms with E-state index in [0.717, 1.165) is 10.9 Å². The number of aromatic nitrogens is 3. The Bertz CT molecular complexity index is 1200. The van der Waals surface area contributed by atoms with Gasteiger partial charge in [-0.1, -0.05) is 11.6 Å². The van der Waals surface area contributed by atoms with E-state index in [1.54, 1.807) is 26.8 Å². The predicted octanol–water partition coefficient (Wildman–Crippen LogP) is 3.46. The van der Waals surface area contributed by atoms with Gasteiger partial charge in [-0.25, -0.2) is 19.3 Å². The fourth-order valence-corrected chi connectivity index (χ4v) is 3.81. The minimum atomic E-state index is -0.704. The Morgan fingerprint density at radius 3 is 2.66 bits per heavy atom. The molecule has 1 fully saturated rings. The van der Waals surface area contributed by atoms with Gasteiger partial charge >= 0.3 is 6.09 Å². The zero-order chi connectivity index (χ0) is 23.2. The molecule has 5 N–H and O–H groups in total. The molecule has 3 aromatic rings. The van der Waals surface area contributed by atoms with Crippen LogP contribution in [0.15, 0.2) is 30.6 Å². The van der Waals surface area contributed by atoms with Gasteiger partial charge in [0.2, 0.25) is 0 Å². The molecular weight excluding hydrogens is 408 g/mol. The Labute approximate surface area is 186 Å². The molecule has 9 heteroatoms. The lowest BCUT2D eigenvalue weighted by molar-refractivity contribution is 0.0543. The molecule has 9 nitrogen and oxygen atoms in total. The van der Waals surface area contributed by atoms with Crippen LogP contribution >= 0.6 is 0 Å². The SMILES string of the molecule is Cc1ccc2c(c1)cc(C(=N)c1c(N)ncnc1NC1CC(O)C1)n2C(=O)OC(C)(C)C. The number of aliphatic hydroxyl groups excluding tert-OH is 1. The molecule has 0 aliphatic heterocycles. The molecule has 0 atom stereocenters. The van der Waals surface area contributed by atoms with Gasteiger partial charge in [-0.05, 0) is 58.7 Å². The lowest BCUT2D eigenvalue weighted by Gasteiger charge is -2.33. The number of nitrogens with two attached hydrogens (primary N) is 1. The summed E-state index contributed by atoms with van der Waals surface area (Å²) in [5.74, 6) is 0.529. The molecule has 168 valence electrons. The van der Waals surface area contributed by atoms with Crippen LogP contribution in [0.2, 0.25) is 0 Å². The highest BCUT2D eigenvalue weighted by molar-refractivity contribution is 6.18. The highest BCUT2D eigenvalue weighted by atomic mass is 16.6. The first kappa shape index (κ1) is 21.8. The van der Waals surface area contributed by atoms with E-state index in [9.17, 15) is 9.90 Å². The maximum Gasteiger partial charge on any atom is 0.419 e. The van der Waals surface area contributed by atoms with Crippen molar-refractivity contribution in [3.63, 3.8) is 0 Å². The number of aliphatic hydroxyl groups is 1. The van der Waals surface area contributed by atoms with E-state index in [1.165, 1.54) is 10.9 Å². The van der Waals surface area contributed by atoms with E-state index < -0.39 is 11.7 Å². The number of carbonyl (C=O) groups excluding carboxylic acids is 1. The topological polar surface area (TPSA) is 139 Å². The monoisotopic (exact) mass is 436 g/mol. The van der Waals surface area contributed by atoms with Crippen LogP contribution in [0, 0.1) is 12.3 Å². The van der Waals surface area contributed by atoms with E-state index >= 15 is 0 Å². The Morgan fingerprint density at radius 1 is 1.28 bits per heavy atom. The van der Waals surface area contributed by atoms with E-state index in [4.69, 9.17) is 15.9 Å². The summed E-state index contributed by atoms with van der Waals surface area (Å²) < 4.78 is 7.03. The largest absolute Gasteiger partial charge is 0.443 e. The summed E-state index contributed by atoms with van der Waals surface area (Å²) in [6.07, 6.45) is 1.59. The van der Waals surface area contributed by atoms with E-state index in [-0.39, 0.29) is 23.7 Å². The number of fused-ring (bicyclic) bond motifs is 1. The minimum Gasteiger partial charge on any atom is -0.443 e. The second-order valence-corrected chi connectivity index (χ2v) is 9.23. The first-order valence-corrected chi connectivity index (χ1v) is 10.5. The molecule has 0 amide bonds. The fourth-order valence-electron chi connectivity index (χ4n) is 3.81. The van der Waals surface area contributed by atoms with Gasteiger partial charge in [-0.15, -0.1) is 0 Å². The number of hydrogen-bond acceptors (Lipinski definition) is 8. The molecule has 0 spiro atoms. The smallest absolute Gasteiger partial charge is 0.419 e. The first-order chi connectivity index (χ1) is 15.0. The van der Waals surface area contributed by atoms with E-state index in [2.05, 4.69) is 15.3 Å². The second-order valence-electron chi connectivity index (χ2n) is 9.23. The molecule has 0 radical (unpaired) electrons. The Balaban J connectivity index is 1.82. The number of benzene rings is 1. The summed E-state index contributed by atoms with van der Waals surface area (Å²) in [5.41, 5.74) is 7.77. The Kier molecular flexibility index (Phi) is 5.37. The Hall–Kier alpha value is -3.46. The van der Waals surface area contributed by atoms with Gasteiger partial charge in [0, 0.05) is 11.4 Å². The van der Waals surface area contributed by atoms with Crippen molar-refractivity contribution < 1.29 is 14.6 Å². The van der Waals surface area contributed by atoms with Crippen molar-refractivity contribution in [3.05, 3.63) is 47.4 Å². The number of rotatable bonds is 4. The molecular formula is C23H28N6O3. The van der Waals surface area contributed by atoms with Crippen molar-refractivity contribution in [2.24, 2.45) is 0 Å². The van der Waals surface area contributed by atoms with Crippen LogP contribution in [-0.2, 0) is 4.74 Å². The highest BCUT2D eigenvalue weighted by Gasteiger charge is 2.30. The summed E-state index contributed by atoms with van der Waals surface area (Å²) in [6.45, 7) is 7.35. The van der Waals surface area contributed by atoms with Crippen molar-refractivity contribution >= 4 is 34.3 Å². The fraction of sp³-hybridized carbons (Fsp3) is 0.391. The number of anilines is 2. The normalized spacial score (nSPS) is 18.3. The Morgan fingerprint density at radius 2 is 2.00 bits per heavy atom. The molecule has 1 aliphatic carbocycles. The number of carbonyl (C=O) groups is 1. The third kappa shape index (κ3) is 4.16. The minimum absolute atomic E-state index is 0.00480. The van der Waals surface area contributed by atoms with Crippen LogP contribution in [0.5, 0.6) is 0 Å². The van der Waals surface area contributed by atoms with Gasteiger partial charge in [0.25, 0.3) is 0 Å². The number of nitrogens with one attached hydrogen (secondary N) is 2. The van der Waals surface area contributed by atoms with Gasteiger partial charge in [-0.3, -0.25) is 5.41 Å². The lowest BCUT2D eigenvalue weighted by atomic mass is 9.89. The molecule has 0 unspecified atom stereocenters. The van der Waals surface area contributed by atoms with Crippen molar-refractivity contribution in [1.29, 1.82) is 5.41 Å². The van der Waals surface area contributed by atoms with Crippen LogP contribution in [0.4, 0.5) is 16.4 Å². The average Bonchev–Trinajstić information content (AvgIpc) is 3.04. The molecule has 2 heterocycles. The molecule has 4 rings (SSSR count). The third-order valence-corrected chi connectivity index (χ3v) is 5.37. The van der Waals surface area contributed by atoms with Crippen molar-refractivity contribution in [3.8, 4) is 0 Å². The van der Waals surface area contributed by atoms with Gasteiger partial charge in [0.05, 0.1) is 28.6 Å². The zero-order valence-corrected chi connectivity index (χ0v) is 18.6. The number of nitrogens with zero attached hydrogens (tertiary/aromatic N) is 3. The lowest BCUT2D eigenvalue weighted by Crippen LogP contribution is -2.39. The summed E-state index contributed by atoms with van der Waals surface area (Å²) in [6, 6.07) is 7.51. The number of hydrogen-bond donors (Lipinski definition) is 4. The van der Waals surface area contributed by atoms with Crippen molar-refractivity contribution in [2.45, 2.75) is 58.3 Å². The summed E-state index contributed by atoms with van der Waals surface area (Å²) in [5, 5.41) is 22.6. The van der Waals surface area contributed by atoms with E-state index in [0.29, 0.717) is 35.4 Å². The van der Waals surface area contributed by atoms with Crippen LogP contribution in [0.1, 0.15) is 50.4 Å². The maximum absolute atomic E-state index is 13.2. The standard InChI is InChI=1S/C23H28N6O3/c1-12-5-6-16-13(7-12)8-17(29(16)22(31)32-23(2,3)4)19(24)18-20(25)26-11-27-21(18)28-14-9-15(30)10-14/h5-8,11,14-15,24,30H,9-10H2,1-4H3,(H3,25,26,27,28). The number of aryl methyl sites for hydroxylation is 1. The zero-order valence-electron chi connectivity index (χ0n) is 18.6. The second kappa shape index (κ2) is 7.90. The van der Waals surface area contributed by atoms with Gasteiger partial charge in [-0.2, -0.15) is 0 Å². The van der Waals surface area contributed by atoms with E-state index in [1.807, 2.05) is 25.1 Å². The summed E-state index contributed by atoms with van der Waals surface area (Å²) in [7, 11) is 0. The summed E-state index contributed by atoms with van der Waals surface area (Å²) >= 11 is 0. The molecule has 1 saturated carbocycles. The molecule has 1 aliphatic rings. The molecule has 0 saturated heterocycles. The molecule has 1 aromatic carbocycles. The number of nitrogen functional groups attached to an aromatic ring is 1. The predicted molar refractivity (Wildman–Crippen MR) is 123 cm³/mol. The molecule has 0 bridgehead atoms. The first-order valence-electron chi connectivity index (χ1n) is 10.5. The summed E-state index contributed by atoms with van der Waals surface area (Å²) in [4.78, 5) is 21.5. The van der Waals surface area contributed by atoms with Crippen molar-refractivity contribution in [1.82, 2.24) is 14.5 Å². The van der Waals surface area contributed by atoms with Crippen LogP contribution in [0.25, 0.3) is 10.9 Å². The number of ether oxygens (including phenoxy) is 1. The van der Waals surface area contributed by atoms with Crippen molar-refractivity contribution in [2.75, 3.05) is 11.1 Å². The van der Waals surface area contributed by atoms with Gasteiger partial charge in [0.15, 0.2) is 0 Å². The van der Waals surface area contributed by atoms with Crippen LogP contribution in [-0.4, -0.2) is 49.2 Å². The van der Waals surface area contributed by atoms with Gasteiger partial charge < -0.3 is 20.9 Å². The van der Waals surface area contributed by atoms with Crippen LogP contribution in [0.3, 0.4) is 0 Å². The highest BCUT2D eigenvalue weighted by Crippen LogP contribution is 2.30. The molecule has 32 heavy (non-hydrogen) atoms. The third-order valence-electron chi connectivity index (χ3n) is 5.37. The molecule has 2 aromatic heterocycles.